The molecule has 0 radical (unpaired) electrons. The van der Waals surface area contributed by atoms with Crippen LogP contribution in [0.2, 0.25) is 0 Å². The summed E-state index contributed by atoms with van der Waals surface area (Å²) in [5.41, 5.74) is 1.17. The molecule has 3 heteroatoms. The van der Waals surface area contributed by atoms with E-state index in [0.717, 1.165) is 18.5 Å². The van der Waals surface area contributed by atoms with Gasteiger partial charge in [-0.3, -0.25) is 4.68 Å². The van der Waals surface area contributed by atoms with Gasteiger partial charge in [-0.2, -0.15) is 5.10 Å². The number of rotatable bonds is 3. The van der Waals surface area contributed by atoms with Gasteiger partial charge < -0.3 is 5.11 Å². The van der Waals surface area contributed by atoms with Crippen molar-refractivity contribution < 1.29 is 5.11 Å². The van der Waals surface area contributed by atoms with E-state index in [1.807, 2.05) is 13.1 Å². The van der Waals surface area contributed by atoms with Gasteiger partial charge in [-0.25, -0.2) is 0 Å². The van der Waals surface area contributed by atoms with Gasteiger partial charge in [0.2, 0.25) is 0 Å². The molecule has 0 aliphatic heterocycles. The van der Waals surface area contributed by atoms with Gasteiger partial charge in [0.05, 0.1) is 11.8 Å². The molecule has 0 fully saturated rings. The van der Waals surface area contributed by atoms with Gasteiger partial charge in [-0.1, -0.05) is 20.8 Å². The van der Waals surface area contributed by atoms with Gasteiger partial charge >= 0.3 is 0 Å². The maximum Gasteiger partial charge on any atom is 0.0956 e. The molecule has 0 aliphatic carbocycles. The van der Waals surface area contributed by atoms with Crippen LogP contribution in [0.4, 0.5) is 0 Å². The van der Waals surface area contributed by atoms with Crippen molar-refractivity contribution in [3.05, 3.63) is 18.0 Å². The first-order chi connectivity index (χ1) is 6.40. The van der Waals surface area contributed by atoms with Gasteiger partial charge in [0.25, 0.3) is 0 Å². The Kier molecular flexibility index (Phi) is 3.32. The molecule has 1 aromatic rings. The molecule has 0 aliphatic rings. The highest BCUT2D eigenvalue weighted by molar-refractivity contribution is 5.03. The molecule has 0 aromatic carbocycles. The molecule has 1 rings (SSSR count). The molecule has 1 aromatic heterocycles. The Morgan fingerprint density at radius 2 is 2.14 bits per heavy atom. The van der Waals surface area contributed by atoms with E-state index in [1.165, 1.54) is 0 Å². The summed E-state index contributed by atoms with van der Waals surface area (Å²) >= 11 is 0. The lowest BCUT2D eigenvalue weighted by Crippen LogP contribution is -2.10. The topological polar surface area (TPSA) is 38.0 Å². The quantitative estimate of drug-likeness (QED) is 0.805. The average molecular weight is 196 g/mol. The highest BCUT2D eigenvalue weighted by Crippen LogP contribution is 2.26. The average Bonchev–Trinajstić information content (AvgIpc) is 2.46. The van der Waals surface area contributed by atoms with E-state index in [2.05, 4.69) is 25.9 Å². The normalized spacial score (nSPS) is 14.4. The Morgan fingerprint density at radius 3 is 2.57 bits per heavy atom. The van der Waals surface area contributed by atoms with Crippen molar-refractivity contribution in [2.45, 2.75) is 39.7 Å². The summed E-state index contributed by atoms with van der Waals surface area (Å²) in [6, 6.07) is 1.87. The summed E-state index contributed by atoms with van der Waals surface area (Å²) < 4.78 is 1.73. The smallest absolute Gasteiger partial charge is 0.0956 e. The molecule has 1 heterocycles. The maximum absolute atomic E-state index is 9.89. The predicted octanol–water partition coefficient (Wildman–Crippen LogP) is 2.28. The summed E-state index contributed by atoms with van der Waals surface area (Å²) in [4.78, 5) is 0. The molecule has 1 N–H and O–H groups in total. The van der Waals surface area contributed by atoms with Crippen LogP contribution in [0.15, 0.2) is 12.3 Å². The first-order valence-electron chi connectivity index (χ1n) is 5.06. The van der Waals surface area contributed by atoms with Crippen molar-refractivity contribution >= 4 is 0 Å². The zero-order valence-electron chi connectivity index (χ0n) is 9.49. The number of aromatic nitrogens is 2. The Labute approximate surface area is 85.8 Å². The summed E-state index contributed by atoms with van der Waals surface area (Å²) in [6.07, 6.45) is 3.14. The van der Waals surface area contributed by atoms with Crippen molar-refractivity contribution in [1.29, 1.82) is 0 Å². The molecule has 0 saturated heterocycles. The monoisotopic (exact) mass is 196 g/mol. The SMILES string of the molecule is Cn1nccc1C(O)CCC(C)(C)C. The van der Waals surface area contributed by atoms with E-state index >= 15 is 0 Å². The standard InChI is InChI=1S/C11H20N2O/c1-11(2,3)7-5-10(14)9-6-8-12-13(9)4/h6,8,10,14H,5,7H2,1-4H3. The zero-order chi connectivity index (χ0) is 10.8. The van der Waals surface area contributed by atoms with Gasteiger partial charge in [0.1, 0.15) is 0 Å². The van der Waals surface area contributed by atoms with E-state index in [-0.39, 0.29) is 11.5 Å². The predicted molar refractivity (Wildman–Crippen MR) is 56.9 cm³/mol. The van der Waals surface area contributed by atoms with Crippen molar-refractivity contribution in [3.63, 3.8) is 0 Å². The number of aliphatic hydroxyl groups is 1. The van der Waals surface area contributed by atoms with Crippen LogP contribution >= 0.6 is 0 Å². The minimum absolute atomic E-state index is 0.277. The minimum Gasteiger partial charge on any atom is -0.387 e. The molecule has 1 unspecified atom stereocenters. The van der Waals surface area contributed by atoms with Crippen LogP contribution in [0.1, 0.15) is 45.4 Å². The lowest BCUT2D eigenvalue weighted by atomic mass is 9.89. The molecule has 14 heavy (non-hydrogen) atoms. The van der Waals surface area contributed by atoms with Crippen molar-refractivity contribution in [3.8, 4) is 0 Å². The molecule has 0 spiro atoms. The van der Waals surface area contributed by atoms with Crippen LogP contribution < -0.4 is 0 Å². The molecular weight excluding hydrogens is 176 g/mol. The summed E-state index contributed by atoms with van der Waals surface area (Å²) in [5, 5.41) is 13.9. The van der Waals surface area contributed by atoms with E-state index in [1.54, 1.807) is 10.9 Å². The number of aryl methyl sites for hydroxylation is 1. The van der Waals surface area contributed by atoms with Crippen LogP contribution in [0.5, 0.6) is 0 Å². The molecule has 80 valence electrons. The second kappa shape index (κ2) is 4.13. The van der Waals surface area contributed by atoms with Crippen molar-refractivity contribution in [1.82, 2.24) is 9.78 Å². The molecule has 0 saturated carbocycles. The summed E-state index contributed by atoms with van der Waals surface area (Å²) in [5.74, 6) is 0. The molecule has 0 amide bonds. The number of hydrogen-bond acceptors (Lipinski definition) is 2. The minimum atomic E-state index is -0.387. The highest BCUT2D eigenvalue weighted by Gasteiger charge is 2.16. The number of hydrogen-bond donors (Lipinski definition) is 1. The second-order valence-electron chi connectivity index (χ2n) is 4.99. The van der Waals surface area contributed by atoms with Gasteiger partial charge in [-0.15, -0.1) is 0 Å². The highest BCUT2D eigenvalue weighted by atomic mass is 16.3. The van der Waals surface area contributed by atoms with Gasteiger partial charge in [0.15, 0.2) is 0 Å². The summed E-state index contributed by atoms with van der Waals surface area (Å²) in [7, 11) is 1.86. The fourth-order valence-corrected chi connectivity index (χ4v) is 1.43. The first kappa shape index (κ1) is 11.2. The molecule has 0 bridgehead atoms. The molecule has 3 nitrogen and oxygen atoms in total. The molecular formula is C11H20N2O. The summed E-state index contributed by atoms with van der Waals surface area (Å²) in [6.45, 7) is 6.55. The number of aliphatic hydroxyl groups excluding tert-OH is 1. The lowest BCUT2D eigenvalue weighted by Gasteiger charge is -2.20. The third-order valence-electron chi connectivity index (χ3n) is 2.37. The van der Waals surface area contributed by atoms with Crippen LogP contribution in [0.3, 0.4) is 0 Å². The first-order valence-corrected chi connectivity index (χ1v) is 5.06. The largest absolute Gasteiger partial charge is 0.387 e. The molecule has 1 atom stereocenters. The van der Waals surface area contributed by atoms with Gasteiger partial charge in [-0.05, 0) is 24.3 Å². The van der Waals surface area contributed by atoms with E-state index in [0.29, 0.717) is 0 Å². The Hall–Kier alpha value is -0.830. The maximum atomic E-state index is 9.89. The van der Waals surface area contributed by atoms with E-state index < -0.39 is 0 Å². The fourth-order valence-electron chi connectivity index (χ4n) is 1.43. The van der Waals surface area contributed by atoms with Crippen LogP contribution in [-0.4, -0.2) is 14.9 Å². The third kappa shape index (κ3) is 3.14. The van der Waals surface area contributed by atoms with Crippen LogP contribution in [-0.2, 0) is 7.05 Å². The Bertz CT molecular complexity index is 286. The Balaban J connectivity index is 2.51. The third-order valence-corrected chi connectivity index (χ3v) is 2.37. The van der Waals surface area contributed by atoms with Crippen LogP contribution in [0, 0.1) is 5.41 Å². The van der Waals surface area contributed by atoms with E-state index in [4.69, 9.17) is 0 Å². The van der Waals surface area contributed by atoms with Crippen molar-refractivity contribution in [2.24, 2.45) is 12.5 Å². The fraction of sp³-hybridized carbons (Fsp3) is 0.727. The zero-order valence-corrected chi connectivity index (χ0v) is 9.49. The second-order valence-corrected chi connectivity index (χ2v) is 4.99. The van der Waals surface area contributed by atoms with Crippen molar-refractivity contribution in [2.75, 3.05) is 0 Å². The van der Waals surface area contributed by atoms with E-state index in [9.17, 15) is 5.11 Å². The van der Waals surface area contributed by atoms with Gasteiger partial charge in [0, 0.05) is 13.2 Å². The van der Waals surface area contributed by atoms with Crippen LogP contribution in [0.25, 0.3) is 0 Å². The Morgan fingerprint density at radius 1 is 1.50 bits per heavy atom. The number of nitrogens with zero attached hydrogens (tertiary/aromatic N) is 2. The lowest BCUT2D eigenvalue weighted by molar-refractivity contribution is 0.139.